The second-order valence-electron chi connectivity index (χ2n) is 6.15. The molecular formula is C18H18BrClN2OS. The van der Waals surface area contributed by atoms with E-state index in [1.165, 1.54) is 0 Å². The van der Waals surface area contributed by atoms with Gasteiger partial charge in [-0.15, -0.1) is 11.3 Å². The van der Waals surface area contributed by atoms with E-state index in [2.05, 4.69) is 45.0 Å². The highest BCUT2D eigenvalue weighted by molar-refractivity contribution is 9.10. The number of aromatic nitrogens is 1. The van der Waals surface area contributed by atoms with Crippen LogP contribution in [0.2, 0.25) is 5.02 Å². The van der Waals surface area contributed by atoms with Crippen LogP contribution in [-0.4, -0.2) is 17.0 Å². The Bertz CT molecular complexity index is 884. The molecule has 0 saturated carbocycles. The molecule has 3 nitrogen and oxygen atoms in total. The van der Waals surface area contributed by atoms with E-state index in [4.69, 9.17) is 11.6 Å². The first kappa shape index (κ1) is 17.5. The van der Waals surface area contributed by atoms with Crippen molar-refractivity contribution in [2.24, 2.45) is 5.92 Å². The molecule has 0 aliphatic heterocycles. The van der Waals surface area contributed by atoms with Crippen LogP contribution in [-0.2, 0) is 6.54 Å². The van der Waals surface area contributed by atoms with E-state index in [-0.39, 0.29) is 5.91 Å². The number of fused-ring (bicyclic) bond motifs is 1. The molecule has 0 radical (unpaired) electrons. The lowest BCUT2D eigenvalue weighted by atomic mass is 10.2. The van der Waals surface area contributed by atoms with Gasteiger partial charge in [0, 0.05) is 23.5 Å². The van der Waals surface area contributed by atoms with Gasteiger partial charge in [-0.05, 0) is 45.6 Å². The number of amides is 1. The van der Waals surface area contributed by atoms with Gasteiger partial charge in [-0.2, -0.15) is 0 Å². The summed E-state index contributed by atoms with van der Waals surface area (Å²) in [6.07, 6.45) is 0. The molecule has 1 N–H and O–H groups in total. The average molecular weight is 426 g/mol. The third-order valence-corrected chi connectivity index (χ3v) is 5.77. The molecule has 6 heteroatoms. The van der Waals surface area contributed by atoms with Crippen LogP contribution in [0.4, 0.5) is 0 Å². The van der Waals surface area contributed by atoms with Crippen LogP contribution in [0, 0.1) is 5.92 Å². The first-order valence-electron chi connectivity index (χ1n) is 7.74. The van der Waals surface area contributed by atoms with Crippen LogP contribution in [0.1, 0.15) is 29.9 Å². The molecule has 1 amide bonds. The summed E-state index contributed by atoms with van der Waals surface area (Å²) in [5.41, 5.74) is 2.80. The second-order valence-corrected chi connectivity index (χ2v) is 8.35. The number of thiophene rings is 1. The number of carbonyl (C=O) groups excluding carboxylic acids is 1. The fourth-order valence-corrected chi connectivity index (χ4v) is 4.49. The van der Waals surface area contributed by atoms with Crippen molar-refractivity contribution in [2.45, 2.75) is 20.4 Å². The lowest BCUT2D eigenvalue weighted by molar-refractivity contribution is 0.0940. The number of rotatable bonds is 5. The summed E-state index contributed by atoms with van der Waals surface area (Å²) in [5, 5.41) is 5.76. The number of benzene rings is 1. The van der Waals surface area contributed by atoms with Gasteiger partial charge in [-0.25, -0.2) is 0 Å². The zero-order valence-corrected chi connectivity index (χ0v) is 16.6. The molecule has 3 aromatic rings. The molecule has 0 spiro atoms. The lowest BCUT2D eigenvalue weighted by Crippen LogP contribution is -2.29. The Morgan fingerprint density at radius 3 is 2.88 bits per heavy atom. The molecule has 2 aromatic heterocycles. The van der Waals surface area contributed by atoms with Crippen molar-refractivity contribution in [2.75, 3.05) is 6.54 Å². The molecule has 3 rings (SSSR count). The smallest absolute Gasteiger partial charge is 0.267 e. The van der Waals surface area contributed by atoms with Crippen molar-refractivity contribution in [3.63, 3.8) is 0 Å². The van der Waals surface area contributed by atoms with Gasteiger partial charge in [0.15, 0.2) is 0 Å². The molecule has 0 aliphatic rings. The van der Waals surface area contributed by atoms with Crippen LogP contribution < -0.4 is 5.32 Å². The maximum Gasteiger partial charge on any atom is 0.267 e. The monoisotopic (exact) mass is 424 g/mol. The molecule has 0 fully saturated rings. The Balaban J connectivity index is 2.01. The van der Waals surface area contributed by atoms with E-state index in [0.717, 1.165) is 20.3 Å². The second kappa shape index (κ2) is 7.30. The van der Waals surface area contributed by atoms with Gasteiger partial charge in [0.05, 0.1) is 14.7 Å². The van der Waals surface area contributed by atoms with E-state index in [1.54, 1.807) is 11.3 Å². The minimum atomic E-state index is -0.0407. The van der Waals surface area contributed by atoms with E-state index in [0.29, 0.717) is 29.7 Å². The highest BCUT2D eigenvalue weighted by Gasteiger charge is 2.19. The van der Waals surface area contributed by atoms with Gasteiger partial charge in [-0.1, -0.05) is 37.6 Å². The number of hydrogen-bond donors (Lipinski definition) is 1. The standard InChI is InChI=1S/C18H18BrClN2OS/c1-11(2)8-21-18(23)15-7-16-17(14(19)10-24-16)22(15)9-12-4-3-5-13(20)6-12/h3-7,10-11H,8-9H2,1-2H3,(H,21,23). The van der Waals surface area contributed by atoms with Crippen LogP contribution >= 0.6 is 38.9 Å². The van der Waals surface area contributed by atoms with Gasteiger partial charge in [0.2, 0.25) is 0 Å². The summed E-state index contributed by atoms with van der Waals surface area (Å²) in [6, 6.07) is 9.70. The number of halogens is 2. The molecule has 24 heavy (non-hydrogen) atoms. The molecule has 126 valence electrons. The summed E-state index contributed by atoms with van der Waals surface area (Å²) >= 11 is 11.3. The molecule has 0 bridgehead atoms. The van der Waals surface area contributed by atoms with Gasteiger partial charge in [0.1, 0.15) is 5.69 Å². The van der Waals surface area contributed by atoms with Crippen molar-refractivity contribution in [3.05, 3.63) is 56.5 Å². The topological polar surface area (TPSA) is 34.0 Å². The average Bonchev–Trinajstić information content (AvgIpc) is 3.06. The number of hydrogen-bond acceptors (Lipinski definition) is 2. The molecular weight excluding hydrogens is 408 g/mol. The Hall–Kier alpha value is -1.30. The molecule has 1 aromatic carbocycles. The maximum absolute atomic E-state index is 12.6. The SMILES string of the molecule is CC(C)CNC(=O)c1cc2scc(Br)c2n1Cc1cccc(Cl)c1. The van der Waals surface area contributed by atoms with Gasteiger partial charge >= 0.3 is 0 Å². The third-order valence-electron chi connectivity index (χ3n) is 3.71. The van der Waals surface area contributed by atoms with Gasteiger partial charge in [0.25, 0.3) is 5.91 Å². The number of nitrogens with one attached hydrogen (secondary N) is 1. The summed E-state index contributed by atoms with van der Waals surface area (Å²) in [5.74, 6) is 0.374. The first-order chi connectivity index (χ1) is 11.5. The predicted molar refractivity (Wildman–Crippen MR) is 105 cm³/mol. The predicted octanol–water partition coefficient (Wildman–Crippen LogP) is 5.55. The van der Waals surface area contributed by atoms with Gasteiger partial charge < -0.3 is 9.88 Å². The summed E-state index contributed by atoms with van der Waals surface area (Å²) in [7, 11) is 0. The summed E-state index contributed by atoms with van der Waals surface area (Å²) in [6.45, 7) is 5.43. The fourth-order valence-electron chi connectivity index (χ4n) is 2.59. The Morgan fingerprint density at radius 1 is 1.38 bits per heavy atom. The Kier molecular flexibility index (Phi) is 5.33. The normalized spacial score (nSPS) is 11.4. The van der Waals surface area contributed by atoms with Crippen LogP contribution in [0.3, 0.4) is 0 Å². The summed E-state index contributed by atoms with van der Waals surface area (Å²) < 4.78 is 4.16. The highest BCUT2D eigenvalue weighted by Crippen LogP contribution is 2.34. The quantitative estimate of drug-likeness (QED) is 0.571. The summed E-state index contributed by atoms with van der Waals surface area (Å²) in [4.78, 5) is 12.6. The third kappa shape index (κ3) is 3.68. The molecule has 0 unspecified atom stereocenters. The first-order valence-corrected chi connectivity index (χ1v) is 9.79. The van der Waals surface area contributed by atoms with E-state index in [1.807, 2.05) is 30.3 Å². The van der Waals surface area contributed by atoms with Crippen LogP contribution in [0.15, 0.2) is 40.2 Å². The van der Waals surface area contributed by atoms with Crippen molar-refractivity contribution in [1.29, 1.82) is 0 Å². The minimum absolute atomic E-state index is 0.0407. The maximum atomic E-state index is 12.6. The largest absolute Gasteiger partial charge is 0.351 e. The zero-order valence-electron chi connectivity index (χ0n) is 13.5. The Morgan fingerprint density at radius 2 is 2.17 bits per heavy atom. The minimum Gasteiger partial charge on any atom is -0.351 e. The van der Waals surface area contributed by atoms with E-state index < -0.39 is 0 Å². The highest BCUT2D eigenvalue weighted by atomic mass is 79.9. The van der Waals surface area contributed by atoms with Crippen molar-refractivity contribution in [1.82, 2.24) is 9.88 Å². The van der Waals surface area contributed by atoms with E-state index in [9.17, 15) is 4.79 Å². The molecule has 2 heterocycles. The fraction of sp³-hybridized carbons (Fsp3) is 0.278. The van der Waals surface area contributed by atoms with Crippen LogP contribution in [0.25, 0.3) is 10.2 Å². The molecule has 0 saturated heterocycles. The van der Waals surface area contributed by atoms with Crippen molar-refractivity contribution >= 4 is 55.0 Å². The van der Waals surface area contributed by atoms with Gasteiger partial charge in [-0.3, -0.25) is 4.79 Å². The Labute approximate surface area is 158 Å². The number of carbonyl (C=O) groups is 1. The zero-order chi connectivity index (χ0) is 17.3. The van der Waals surface area contributed by atoms with Crippen molar-refractivity contribution in [3.8, 4) is 0 Å². The number of nitrogens with zero attached hydrogens (tertiary/aromatic N) is 1. The lowest BCUT2D eigenvalue weighted by Gasteiger charge is -2.12. The van der Waals surface area contributed by atoms with Crippen LogP contribution in [0.5, 0.6) is 0 Å². The van der Waals surface area contributed by atoms with E-state index >= 15 is 0 Å². The van der Waals surface area contributed by atoms with Crippen molar-refractivity contribution < 1.29 is 4.79 Å². The molecule has 0 atom stereocenters. The molecule has 0 aliphatic carbocycles.